The van der Waals surface area contributed by atoms with Crippen molar-refractivity contribution >= 4 is 46.2 Å². The predicted octanol–water partition coefficient (Wildman–Crippen LogP) is 3.02. The summed E-state index contributed by atoms with van der Waals surface area (Å²) in [7, 11) is 0. The Morgan fingerprint density at radius 2 is 1.96 bits per heavy atom. The van der Waals surface area contributed by atoms with Gasteiger partial charge in [-0.2, -0.15) is 0 Å². The minimum absolute atomic E-state index is 0.100. The Balaban J connectivity index is 1.40. The highest BCUT2D eigenvalue weighted by molar-refractivity contribution is 8.26. The molecule has 6 nitrogen and oxygen atoms in total. The maximum Gasteiger partial charge on any atom is 0.266 e. The van der Waals surface area contributed by atoms with Crippen LogP contribution in [0, 0.1) is 0 Å². The lowest BCUT2D eigenvalue weighted by atomic mass is 10.1. The number of carbonyl (C=O) groups is 2. The standard InChI is InChI=1S/C19H20N2O4S2/c22-17(20-7-2-1-3-8-20)6-9-21-18(23)16(27-19(21)26)11-13-4-5-14-15(10-13)25-12-24-14/h4-5,10-11H,1-3,6-9,12H2/b16-11+. The Labute approximate surface area is 167 Å². The number of thiocarbonyl (C=S) groups is 1. The van der Waals surface area contributed by atoms with Crippen molar-refractivity contribution in [1.82, 2.24) is 9.80 Å². The first kappa shape index (κ1) is 18.3. The number of hydrogen-bond donors (Lipinski definition) is 0. The summed E-state index contributed by atoms with van der Waals surface area (Å²) in [4.78, 5) is 29.0. The molecule has 8 heteroatoms. The highest BCUT2D eigenvalue weighted by Crippen LogP contribution is 2.36. The number of thioether (sulfide) groups is 1. The summed E-state index contributed by atoms with van der Waals surface area (Å²) in [5, 5.41) is 0. The molecular weight excluding hydrogens is 384 g/mol. The van der Waals surface area contributed by atoms with Crippen LogP contribution in [0.5, 0.6) is 11.5 Å². The molecule has 3 heterocycles. The van der Waals surface area contributed by atoms with Crippen LogP contribution in [-0.2, 0) is 9.59 Å². The second kappa shape index (κ2) is 7.90. The van der Waals surface area contributed by atoms with Gasteiger partial charge in [-0.1, -0.05) is 30.0 Å². The maximum atomic E-state index is 12.7. The van der Waals surface area contributed by atoms with Crippen molar-refractivity contribution in [2.45, 2.75) is 25.7 Å². The zero-order valence-electron chi connectivity index (χ0n) is 14.8. The summed E-state index contributed by atoms with van der Waals surface area (Å²) in [5.74, 6) is 1.33. The Hall–Kier alpha value is -2.06. The van der Waals surface area contributed by atoms with Gasteiger partial charge in [0.1, 0.15) is 4.32 Å². The second-order valence-corrected chi connectivity index (χ2v) is 8.31. The molecule has 3 aliphatic heterocycles. The van der Waals surface area contributed by atoms with Gasteiger partial charge in [-0.15, -0.1) is 0 Å². The molecule has 2 saturated heterocycles. The van der Waals surface area contributed by atoms with Gasteiger partial charge in [0, 0.05) is 26.1 Å². The highest BCUT2D eigenvalue weighted by atomic mass is 32.2. The highest BCUT2D eigenvalue weighted by Gasteiger charge is 2.32. The zero-order chi connectivity index (χ0) is 18.8. The van der Waals surface area contributed by atoms with Gasteiger partial charge in [0.05, 0.1) is 4.91 Å². The smallest absolute Gasteiger partial charge is 0.266 e. The Bertz CT molecular complexity index is 818. The molecule has 0 atom stereocenters. The molecule has 2 amide bonds. The first-order valence-electron chi connectivity index (χ1n) is 9.04. The summed E-state index contributed by atoms with van der Waals surface area (Å²) in [6, 6.07) is 5.54. The number of benzene rings is 1. The van der Waals surface area contributed by atoms with Gasteiger partial charge < -0.3 is 14.4 Å². The van der Waals surface area contributed by atoms with E-state index in [9.17, 15) is 9.59 Å². The molecule has 0 aliphatic carbocycles. The van der Waals surface area contributed by atoms with E-state index >= 15 is 0 Å². The normalized spacial score (nSPS) is 20.7. The van der Waals surface area contributed by atoms with Gasteiger partial charge in [0.15, 0.2) is 11.5 Å². The van der Waals surface area contributed by atoms with E-state index in [-0.39, 0.29) is 18.6 Å². The summed E-state index contributed by atoms with van der Waals surface area (Å²) < 4.78 is 11.2. The Morgan fingerprint density at radius 3 is 2.78 bits per heavy atom. The fraction of sp³-hybridized carbons (Fsp3) is 0.421. The molecule has 0 saturated carbocycles. The maximum absolute atomic E-state index is 12.7. The molecule has 0 aromatic heterocycles. The van der Waals surface area contributed by atoms with E-state index in [1.807, 2.05) is 23.1 Å². The van der Waals surface area contributed by atoms with Crippen LogP contribution in [0.25, 0.3) is 6.08 Å². The molecule has 2 fully saturated rings. The van der Waals surface area contributed by atoms with Crippen molar-refractivity contribution in [3.8, 4) is 11.5 Å². The molecule has 0 unspecified atom stereocenters. The lowest BCUT2D eigenvalue weighted by Gasteiger charge is -2.27. The van der Waals surface area contributed by atoms with E-state index in [1.54, 1.807) is 6.08 Å². The van der Waals surface area contributed by atoms with Crippen LogP contribution in [0.4, 0.5) is 0 Å². The average molecular weight is 405 g/mol. The third kappa shape index (κ3) is 3.96. The van der Waals surface area contributed by atoms with Crippen LogP contribution >= 0.6 is 24.0 Å². The molecule has 1 aromatic carbocycles. The first-order valence-corrected chi connectivity index (χ1v) is 10.3. The molecule has 0 spiro atoms. The third-order valence-electron chi connectivity index (χ3n) is 4.83. The minimum Gasteiger partial charge on any atom is -0.454 e. The summed E-state index contributed by atoms with van der Waals surface area (Å²) in [6.07, 6.45) is 5.41. The van der Waals surface area contributed by atoms with E-state index in [4.69, 9.17) is 21.7 Å². The minimum atomic E-state index is -0.144. The van der Waals surface area contributed by atoms with E-state index in [2.05, 4.69) is 0 Å². The van der Waals surface area contributed by atoms with E-state index in [0.717, 1.165) is 31.5 Å². The van der Waals surface area contributed by atoms with Gasteiger partial charge in [-0.25, -0.2) is 0 Å². The van der Waals surface area contributed by atoms with Crippen molar-refractivity contribution in [1.29, 1.82) is 0 Å². The molecule has 1 aromatic rings. The summed E-state index contributed by atoms with van der Waals surface area (Å²) in [6.45, 7) is 2.19. The zero-order valence-corrected chi connectivity index (χ0v) is 16.4. The first-order chi connectivity index (χ1) is 13.1. The van der Waals surface area contributed by atoms with Crippen molar-refractivity contribution in [2.24, 2.45) is 0 Å². The fourth-order valence-electron chi connectivity index (χ4n) is 3.36. The largest absolute Gasteiger partial charge is 0.454 e. The quantitative estimate of drug-likeness (QED) is 0.568. The van der Waals surface area contributed by atoms with Gasteiger partial charge in [0.2, 0.25) is 12.7 Å². The van der Waals surface area contributed by atoms with Crippen LogP contribution in [0.1, 0.15) is 31.2 Å². The number of rotatable bonds is 4. The summed E-state index contributed by atoms with van der Waals surface area (Å²) in [5.41, 5.74) is 0.851. The number of fused-ring (bicyclic) bond motifs is 1. The van der Waals surface area contributed by atoms with E-state index in [1.165, 1.54) is 23.1 Å². The van der Waals surface area contributed by atoms with Gasteiger partial charge in [0.25, 0.3) is 5.91 Å². The molecule has 27 heavy (non-hydrogen) atoms. The van der Waals surface area contributed by atoms with Gasteiger partial charge in [-0.3, -0.25) is 14.5 Å². The van der Waals surface area contributed by atoms with Crippen molar-refractivity contribution in [2.75, 3.05) is 26.4 Å². The number of amides is 2. The van der Waals surface area contributed by atoms with Gasteiger partial charge in [-0.05, 0) is 43.0 Å². The van der Waals surface area contributed by atoms with Crippen molar-refractivity contribution in [3.63, 3.8) is 0 Å². The number of hydrogen-bond acceptors (Lipinski definition) is 6. The second-order valence-electron chi connectivity index (χ2n) is 6.64. The number of piperidine rings is 1. The summed E-state index contributed by atoms with van der Waals surface area (Å²) >= 11 is 6.63. The van der Waals surface area contributed by atoms with Crippen molar-refractivity contribution in [3.05, 3.63) is 28.7 Å². The number of likely N-dealkylation sites (tertiary alicyclic amines) is 1. The lowest BCUT2D eigenvalue weighted by molar-refractivity contribution is -0.132. The number of carbonyl (C=O) groups excluding carboxylic acids is 2. The Kier molecular flexibility index (Phi) is 5.36. The molecule has 142 valence electrons. The molecular formula is C19H20N2O4S2. The van der Waals surface area contributed by atoms with Crippen LogP contribution in [0.3, 0.4) is 0 Å². The van der Waals surface area contributed by atoms with Crippen LogP contribution in [0.2, 0.25) is 0 Å². The molecule has 4 rings (SSSR count). The SMILES string of the molecule is O=C(CCN1C(=O)/C(=C\c2ccc3c(c2)OCO3)SC1=S)N1CCCCC1. The lowest BCUT2D eigenvalue weighted by Crippen LogP contribution is -2.38. The monoisotopic (exact) mass is 404 g/mol. The predicted molar refractivity (Wildman–Crippen MR) is 107 cm³/mol. The molecule has 0 N–H and O–H groups in total. The number of ether oxygens (including phenoxy) is 2. The molecule has 3 aliphatic rings. The van der Waals surface area contributed by atoms with E-state index < -0.39 is 0 Å². The van der Waals surface area contributed by atoms with Crippen molar-refractivity contribution < 1.29 is 19.1 Å². The molecule has 0 bridgehead atoms. The third-order valence-corrected chi connectivity index (χ3v) is 6.20. The van der Waals surface area contributed by atoms with Gasteiger partial charge >= 0.3 is 0 Å². The van der Waals surface area contributed by atoms with E-state index in [0.29, 0.717) is 33.7 Å². The van der Waals surface area contributed by atoms with Crippen LogP contribution in [0.15, 0.2) is 23.1 Å². The number of nitrogens with zero attached hydrogens (tertiary/aromatic N) is 2. The van der Waals surface area contributed by atoms with Crippen LogP contribution < -0.4 is 9.47 Å². The average Bonchev–Trinajstić information content (AvgIpc) is 3.25. The van der Waals surface area contributed by atoms with Crippen LogP contribution in [-0.4, -0.2) is 52.4 Å². The fourth-order valence-corrected chi connectivity index (χ4v) is 4.66. The molecule has 0 radical (unpaired) electrons. The topological polar surface area (TPSA) is 59.1 Å². The Morgan fingerprint density at radius 1 is 1.19 bits per heavy atom.